The van der Waals surface area contributed by atoms with Gasteiger partial charge in [-0.15, -0.1) is 0 Å². The average Bonchev–Trinajstić information content (AvgIpc) is 3.11. The Hall–Kier alpha value is -2.85. The van der Waals surface area contributed by atoms with Crippen molar-refractivity contribution in [2.45, 2.75) is 51.4 Å². The summed E-state index contributed by atoms with van der Waals surface area (Å²) >= 11 is 0. The first kappa shape index (κ1) is 19.5. The molecular weight excluding hydrogens is 362 g/mol. The number of carbonyl (C=O) groups excluding carboxylic acids is 1. The predicted molar refractivity (Wildman–Crippen MR) is 114 cm³/mol. The molecule has 0 aromatic heterocycles. The summed E-state index contributed by atoms with van der Waals surface area (Å²) in [7, 11) is 0. The van der Waals surface area contributed by atoms with E-state index in [-0.39, 0.29) is 12.1 Å². The highest BCUT2D eigenvalue weighted by Crippen LogP contribution is 2.36. The number of hydroxylamine groups is 2. The Morgan fingerprint density at radius 2 is 1.69 bits per heavy atom. The highest BCUT2D eigenvalue weighted by Gasteiger charge is 2.39. The van der Waals surface area contributed by atoms with Crippen molar-refractivity contribution in [1.82, 2.24) is 5.06 Å². The summed E-state index contributed by atoms with van der Waals surface area (Å²) in [6.07, 6.45) is 0.861. The lowest BCUT2D eigenvalue weighted by atomic mass is 9.97. The van der Waals surface area contributed by atoms with E-state index in [4.69, 9.17) is 9.57 Å². The van der Waals surface area contributed by atoms with Gasteiger partial charge in [-0.2, -0.15) is 5.06 Å². The highest BCUT2D eigenvalue weighted by molar-refractivity contribution is 5.83. The van der Waals surface area contributed by atoms with Crippen molar-refractivity contribution in [3.63, 3.8) is 0 Å². The number of rotatable bonds is 3. The van der Waals surface area contributed by atoms with Gasteiger partial charge in [0, 0.05) is 6.42 Å². The number of nitrogens with zero attached hydrogens (tertiary/aromatic N) is 1. The molecule has 4 nitrogen and oxygen atoms in total. The van der Waals surface area contributed by atoms with E-state index in [0.29, 0.717) is 6.42 Å². The van der Waals surface area contributed by atoms with Gasteiger partial charge < -0.3 is 4.74 Å². The fourth-order valence-electron chi connectivity index (χ4n) is 3.78. The third-order valence-corrected chi connectivity index (χ3v) is 5.09. The van der Waals surface area contributed by atoms with E-state index < -0.39 is 11.7 Å². The SMILES string of the molecule is CC(C)(C)OC(=O)N1O[C@H](c2ccccc2)C[C@@H]1Cc1ccc2ccccc2c1. The van der Waals surface area contributed by atoms with Gasteiger partial charge in [0.05, 0.1) is 6.04 Å². The van der Waals surface area contributed by atoms with Crippen LogP contribution in [-0.2, 0) is 16.0 Å². The minimum absolute atomic E-state index is 0.0868. The topological polar surface area (TPSA) is 38.8 Å². The zero-order valence-electron chi connectivity index (χ0n) is 17.2. The first-order valence-corrected chi connectivity index (χ1v) is 10.1. The van der Waals surface area contributed by atoms with Crippen LogP contribution >= 0.6 is 0 Å². The second-order valence-electron chi connectivity index (χ2n) is 8.59. The average molecular weight is 389 g/mol. The molecule has 1 saturated heterocycles. The third kappa shape index (κ3) is 4.60. The Bertz CT molecular complexity index is 994. The van der Waals surface area contributed by atoms with E-state index in [1.54, 1.807) is 0 Å². The Balaban J connectivity index is 1.59. The van der Waals surface area contributed by atoms with Crippen molar-refractivity contribution in [3.8, 4) is 0 Å². The van der Waals surface area contributed by atoms with E-state index in [1.807, 2.05) is 63.2 Å². The second kappa shape index (κ2) is 7.88. The number of fused-ring (bicyclic) bond motifs is 1. The molecule has 0 unspecified atom stereocenters. The lowest BCUT2D eigenvalue weighted by Crippen LogP contribution is -2.39. The number of carbonyl (C=O) groups is 1. The first-order valence-electron chi connectivity index (χ1n) is 10.1. The molecule has 150 valence electrons. The Labute approximate surface area is 172 Å². The molecule has 1 heterocycles. The van der Waals surface area contributed by atoms with Crippen molar-refractivity contribution >= 4 is 16.9 Å². The lowest BCUT2D eigenvalue weighted by molar-refractivity contribution is -0.151. The van der Waals surface area contributed by atoms with Crippen LogP contribution < -0.4 is 0 Å². The van der Waals surface area contributed by atoms with Crippen molar-refractivity contribution in [2.75, 3.05) is 0 Å². The van der Waals surface area contributed by atoms with Crippen LogP contribution in [0.4, 0.5) is 4.79 Å². The van der Waals surface area contributed by atoms with Gasteiger partial charge in [0.2, 0.25) is 0 Å². The minimum Gasteiger partial charge on any atom is -0.442 e. The maximum Gasteiger partial charge on any atom is 0.434 e. The standard InChI is InChI=1S/C25H27NO3/c1-25(2,3)28-24(27)26-22(17-23(29-26)20-10-5-4-6-11-20)16-18-13-14-19-9-7-8-12-21(19)15-18/h4-15,22-23H,16-17H2,1-3H3/t22-,23-/m0/s1. The number of hydrogen-bond acceptors (Lipinski definition) is 3. The fourth-order valence-corrected chi connectivity index (χ4v) is 3.78. The van der Waals surface area contributed by atoms with E-state index >= 15 is 0 Å². The van der Waals surface area contributed by atoms with Gasteiger partial charge in [0.1, 0.15) is 11.7 Å². The molecule has 3 aromatic carbocycles. The molecule has 1 fully saturated rings. The molecule has 0 radical (unpaired) electrons. The van der Waals surface area contributed by atoms with Gasteiger partial charge in [-0.05, 0) is 49.1 Å². The quantitative estimate of drug-likeness (QED) is 0.546. The molecule has 0 spiro atoms. The monoisotopic (exact) mass is 389 g/mol. The van der Waals surface area contributed by atoms with E-state index in [9.17, 15) is 4.79 Å². The molecular formula is C25H27NO3. The Kier molecular flexibility index (Phi) is 5.29. The summed E-state index contributed by atoms with van der Waals surface area (Å²) in [5.74, 6) is 0. The normalized spacial score (nSPS) is 19.5. The molecule has 4 heteroatoms. The summed E-state index contributed by atoms with van der Waals surface area (Å²) < 4.78 is 5.61. The number of benzene rings is 3. The molecule has 0 bridgehead atoms. The number of hydrogen-bond donors (Lipinski definition) is 0. The van der Waals surface area contributed by atoms with Gasteiger partial charge in [0.25, 0.3) is 0 Å². The largest absolute Gasteiger partial charge is 0.442 e. The first-order chi connectivity index (χ1) is 13.9. The zero-order chi connectivity index (χ0) is 20.4. The van der Waals surface area contributed by atoms with Gasteiger partial charge in [0.15, 0.2) is 0 Å². The summed E-state index contributed by atoms with van der Waals surface area (Å²) in [5, 5.41) is 3.86. The van der Waals surface area contributed by atoms with Crippen LogP contribution in [0.1, 0.15) is 44.4 Å². The van der Waals surface area contributed by atoms with Crippen LogP contribution in [0.25, 0.3) is 10.8 Å². The van der Waals surface area contributed by atoms with Crippen molar-refractivity contribution < 1.29 is 14.4 Å². The number of amides is 1. The maximum atomic E-state index is 12.8. The molecule has 4 rings (SSSR count). The van der Waals surface area contributed by atoms with Crippen molar-refractivity contribution in [1.29, 1.82) is 0 Å². The van der Waals surface area contributed by atoms with Gasteiger partial charge in [-0.1, -0.05) is 72.8 Å². The fraction of sp³-hybridized carbons (Fsp3) is 0.320. The van der Waals surface area contributed by atoms with E-state index in [0.717, 1.165) is 12.0 Å². The third-order valence-electron chi connectivity index (χ3n) is 5.09. The van der Waals surface area contributed by atoms with Crippen LogP contribution in [-0.4, -0.2) is 22.8 Å². The van der Waals surface area contributed by atoms with Crippen LogP contribution in [0.2, 0.25) is 0 Å². The van der Waals surface area contributed by atoms with Crippen LogP contribution in [0, 0.1) is 0 Å². The van der Waals surface area contributed by atoms with Crippen LogP contribution in [0.5, 0.6) is 0 Å². The van der Waals surface area contributed by atoms with Crippen molar-refractivity contribution in [3.05, 3.63) is 83.9 Å². The minimum atomic E-state index is -0.571. The van der Waals surface area contributed by atoms with Crippen molar-refractivity contribution in [2.24, 2.45) is 0 Å². The van der Waals surface area contributed by atoms with Gasteiger partial charge in [-0.3, -0.25) is 4.84 Å². The summed E-state index contributed by atoms with van der Waals surface area (Å²) in [6.45, 7) is 5.61. The summed E-state index contributed by atoms with van der Waals surface area (Å²) in [4.78, 5) is 18.9. The van der Waals surface area contributed by atoms with Gasteiger partial charge in [-0.25, -0.2) is 4.79 Å². The molecule has 0 N–H and O–H groups in total. The molecule has 1 amide bonds. The zero-order valence-corrected chi connectivity index (χ0v) is 17.2. The molecule has 29 heavy (non-hydrogen) atoms. The molecule has 1 aliphatic heterocycles. The molecule has 2 atom stereocenters. The molecule has 0 aliphatic carbocycles. The predicted octanol–water partition coefficient (Wildman–Crippen LogP) is 6.06. The lowest BCUT2D eigenvalue weighted by Gasteiger charge is -2.27. The van der Waals surface area contributed by atoms with Gasteiger partial charge >= 0.3 is 6.09 Å². The van der Waals surface area contributed by atoms with Crippen LogP contribution in [0.3, 0.4) is 0 Å². The Morgan fingerprint density at radius 3 is 2.41 bits per heavy atom. The van der Waals surface area contributed by atoms with E-state index in [1.165, 1.54) is 21.4 Å². The Morgan fingerprint density at radius 1 is 1.00 bits per heavy atom. The highest BCUT2D eigenvalue weighted by atomic mass is 16.7. The second-order valence-corrected chi connectivity index (χ2v) is 8.59. The smallest absolute Gasteiger partial charge is 0.434 e. The van der Waals surface area contributed by atoms with E-state index in [2.05, 4.69) is 30.3 Å². The molecule has 1 aliphatic rings. The maximum absolute atomic E-state index is 12.8. The summed E-state index contributed by atoms with van der Waals surface area (Å²) in [5.41, 5.74) is 1.68. The molecule has 0 saturated carbocycles. The number of ether oxygens (including phenoxy) is 1. The molecule has 3 aromatic rings. The van der Waals surface area contributed by atoms with Crippen LogP contribution in [0.15, 0.2) is 72.8 Å². The summed E-state index contributed by atoms with van der Waals surface area (Å²) in [6, 6.07) is 24.7.